The largest absolute Gasteiger partial charge is 0.465 e. The predicted octanol–water partition coefficient (Wildman–Crippen LogP) is 2.52. The van der Waals surface area contributed by atoms with Crippen LogP contribution in [0.15, 0.2) is 17.5 Å². The molecule has 3 nitrogen and oxygen atoms in total. The van der Waals surface area contributed by atoms with Crippen LogP contribution >= 0.6 is 11.3 Å². The molecule has 0 fully saturated rings. The second-order valence-electron chi connectivity index (χ2n) is 3.05. The van der Waals surface area contributed by atoms with Gasteiger partial charge in [0.05, 0.1) is 11.5 Å². The molecule has 1 heterocycles. The van der Waals surface area contributed by atoms with E-state index in [0.717, 1.165) is 0 Å². The minimum Gasteiger partial charge on any atom is -0.465 e. The van der Waals surface area contributed by atoms with Crippen LogP contribution in [0.4, 0.5) is 0 Å². The third-order valence-electron chi connectivity index (χ3n) is 2.06. The van der Waals surface area contributed by atoms with Crippen molar-refractivity contribution >= 4 is 23.1 Å². The van der Waals surface area contributed by atoms with E-state index in [2.05, 4.69) is 0 Å². The van der Waals surface area contributed by atoms with Crippen molar-refractivity contribution in [2.75, 3.05) is 6.61 Å². The fourth-order valence-corrected chi connectivity index (χ4v) is 2.01. The molecule has 1 aromatic heterocycles. The van der Waals surface area contributed by atoms with Gasteiger partial charge in [-0.2, -0.15) is 0 Å². The number of hydrogen-bond acceptors (Lipinski definition) is 4. The molecule has 1 aromatic rings. The van der Waals surface area contributed by atoms with E-state index in [4.69, 9.17) is 4.74 Å². The maximum atomic E-state index is 11.9. The summed E-state index contributed by atoms with van der Waals surface area (Å²) in [6.45, 7) is 3.86. The first-order valence-electron chi connectivity index (χ1n) is 4.95. The van der Waals surface area contributed by atoms with Crippen LogP contribution in [0, 0.1) is 5.92 Å². The van der Waals surface area contributed by atoms with E-state index >= 15 is 0 Å². The Morgan fingerprint density at radius 2 is 2.20 bits per heavy atom. The molecular weight excluding hydrogens is 212 g/mol. The highest BCUT2D eigenvalue weighted by Gasteiger charge is 2.27. The second kappa shape index (κ2) is 5.66. The van der Waals surface area contributed by atoms with Gasteiger partial charge in [-0.1, -0.05) is 13.0 Å². The topological polar surface area (TPSA) is 43.4 Å². The maximum absolute atomic E-state index is 11.9. The molecule has 1 rings (SSSR count). The summed E-state index contributed by atoms with van der Waals surface area (Å²) in [5.41, 5.74) is 0. The average molecular weight is 226 g/mol. The van der Waals surface area contributed by atoms with Crippen LogP contribution in [0.1, 0.15) is 29.9 Å². The molecule has 0 aromatic carbocycles. The fraction of sp³-hybridized carbons (Fsp3) is 0.455. The van der Waals surface area contributed by atoms with Crippen molar-refractivity contribution < 1.29 is 14.3 Å². The highest BCUT2D eigenvalue weighted by atomic mass is 32.1. The van der Waals surface area contributed by atoms with Crippen molar-refractivity contribution in [2.24, 2.45) is 5.92 Å². The lowest BCUT2D eigenvalue weighted by Gasteiger charge is -2.10. The molecule has 0 radical (unpaired) electrons. The van der Waals surface area contributed by atoms with Gasteiger partial charge in [-0.25, -0.2) is 0 Å². The molecule has 0 spiro atoms. The smallest absolute Gasteiger partial charge is 0.316 e. The number of carbonyl (C=O) groups is 2. The van der Waals surface area contributed by atoms with Crippen molar-refractivity contribution in [3.05, 3.63) is 22.4 Å². The van der Waals surface area contributed by atoms with Crippen LogP contribution in [-0.4, -0.2) is 18.4 Å². The number of carbonyl (C=O) groups excluding carboxylic acids is 2. The SMILES string of the molecule is CCOC(=O)C(CC)C(=O)c1cccs1. The number of rotatable bonds is 5. The lowest BCUT2D eigenvalue weighted by Crippen LogP contribution is -2.25. The highest BCUT2D eigenvalue weighted by molar-refractivity contribution is 7.12. The van der Waals surface area contributed by atoms with Crippen LogP contribution in [0.5, 0.6) is 0 Å². The second-order valence-corrected chi connectivity index (χ2v) is 4.00. The Bertz CT molecular complexity index is 330. The summed E-state index contributed by atoms with van der Waals surface area (Å²) in [7, 11) is 0. The number of ether oxygens (including phenoxy) is 1. The molecule has 0 saturated heterocycles. The van der Waals surface area contributed by atoms with Crippen LogP contribution in [0.25, 0.3) is 0 Å². The molecule has 0 N–H and O–H groups in total. The van der Waals surface area contributed by atoms with E-state index in [9.17, 15) is 9.59 Å². The van der Waals surface area contributed by atoms with Gasteiger partial charge in [0.1, 0.15) is 5.92 Å². The molecule has 0 aliphatic carbocycles. The van der Waals surface area contributed by atoms with Crippen LogP contribution in [0.3, 0.4) is 0 Å². The summed E-state index contributed by atoms with van der Waals surface area (Å²) >= 11 is 1.35. The molecule has 0 amide bonds. The third kappa shape index (κ3) is 2.89. The number of hydrogen-bond donors (Lipinski definition) is 0. The van der Waals surface area contributed by atoms with Crippen molar-refractivity contribution in [3.63, 3.8) is 0 Å². The molecule has 0 aliphatic rings. The van der Waals surface area contributed by atoms with Gasteiger partial charge in [0, 0.05) is 0 Å². The molecule has 1 atom stereocenters. The highest BCUT2D eigenvalue weighted by Crippen LogP contribution is 2.18. The zero-order valence-electron chi connectivity index (χ0n) is 8.86. The van der Waals surface area contributed by atoms with E-state index in [0.29, 0.717) is 17.9 Å². The predicted molar refractivity (Wildman–Crippen MR) is 59.1 cm³/mol. The number of ketones is 1. The molecular formula is C11H14O3S. The van der Waals surface area contributed by atoms with Crippen LogP contribution in [-0.2, 0) is 9.53 Å². The first-order chi connectivity index (χ1) is 7.20. The van der Waals surface area contributed by atoms with Gasteiger partial charge in [-0.05, 0) is 24.8 Å². The van der Waals surface area contributed by atoms with Crippen molar-refractivity contribution in [2.45, 2.75) is 20.3 Å². The maximum Gasteiger partial charge on any atom is 0.316 e. The summed E-state index contributed by atoms with van der Waals surface area (Å²) < 4.78 is 4.86. The zero-order valence-corrected chi connectivity index (χ0v) is 9.67. The summed E-state index contributed by atoms with van der Waals surface area (Å²) in [5.74, 6) is -1.20. The Morgan fingerprint density at radius 3 is 2.67 bits per heavy atom. The van der Waals surface area contributed by atoms with Gasteiger partial charge in [0.15, 0.2) is 5.78 Å². The summed E-state index contributed by atoms with van der Waals surface area (Å²) in [4.78, 5) is 24.0. The monoisotopic (exact) mass is 226 g/mol. The van der Waals surface area contributed by atoms with Gasteiger partial charge in [-0.3, -0.25) is 9.59 Å². The third-order valence-corrected chi connectivity index (χ3v) is 2.94. The lowest BCUT2D eigenvalue weighted by molar-refractivity contribution is -0.146. The molecule has 4 heteroatoms. The minimum absolute atomic E-state index is 0.133. The number of thiophene rings is 1. The van der Waals surface area contributed by atoms with Crippen molar-refractivity contribution in [1.82, 2.24) is 0 Å². The first-order valence-corrected chi connectivity index (χ1v) is 5.83. The quantitative estimate of drug-likeness (QED) is 0.440. The molecule has 1 unspecified atom stereocenters. The average Bonchev–Trinajstić information content (AvgIpc) is 2.71. The van der Waals surface area contributed by atoms with E-state index in [1.54, 1.807) is 19.1 Å². The summed E-state index contributed by atoms with van der Waals surface area (Å²) in [5, 5.41) is 1.82. The Morgan fingerprint density at radius 1 is 1.47 bits per heavy atom. The molecule has 0 aliphatic heterocycles. The normalized spacial score (nSPS) is 12.1. The Hall–Kier alpha value is -1.16. The van der Waals surface area contributed by atoms with Gasteiger partial charge in [0.25, 0.3) is 0 Å². The summed E-state index contributed by atoms with van der Waals surface area (Å²) in [6.07, 6.45) is 0.482. The summed E-state index contributed by atoms with van der Waals surface area (Å²) in [6, 6.07) is 3.53. The number of esters is 1. The van der Waals surface area contributed by atoms with Crippen LogP contribution < -0.4 is 0 Å². The number of Topliss-reactive ketones (excluding diaryl/α,β-unsaturated/α-hetero) is 1. The first kappa shape index (κ1) is 11.9. The Kier molecular flexibility index (Phi) is 4.49. The van der Waals surface area contributed by atoms with Gasteiger partial charge >= 0.3 is 5.97 Å². The molecule has 15 heavy (non-hydrogen) atoms. The minimum atomic E-state index is -0.649. The molecule has 82 valence electrons. The Balaban J connectivity index is 2.75. The van der Waals surface area contributed by atoms with Crippen LogP contribution in [0.2, 0.25) is 0 Å². The van der Waals surface area contributed by atoms with E-state index in [1.165, 1.54) is 11.3 Å². The van der Waals surface area contributed by atoms with Gasteiger partial charge in [-0.15, -0.1) is 11.3 Å². The fourth-order valence-electron chi connectivity index (χ4n) is 1.29. The van der Waals surface area contributed by atoms with Gasteiger partial charge < -0.3 is 4.74 Å². The van der Waals surface area contributed by atoms with Crippen molar-refractivity contribution in [1.29, 1.82) is 0 Å². The molecule has 0 saturated carbocycles. The Labute approximate surface area is 93.1 Å². The van der Waals surface area contributed by atoms with E-state index < -0.39 is 11.9 Å². The van der Waals surface area contributed by atoms with E-state index in [1.807, 2.05) is 12.3 Å². The van der Waals surface area contributed by atoms with Gasteiger partial charge in [0.2, 0.25) is 0 Å². The molecule has 0 bridgehead atoms. The van der Waals surface area contributed by atoms with E-state index in [-0.39, 0.29) is 5.78 Å². The van der Waals surface area contributed by atoms with Crippen molar-refractivity contribution in [3.8, 4) is 0 Å². The lowest BCUT2D eigenvalue weighted by atomic mass is 10.0. The zero-order chi connectivity index (χ0) is 11.3. The standard InChI is InChI=1S/C11H14O3S/c1-3-8(11(13)14-4-2)10(12)9-6-5-7-15-9/h5-8H,3-4H2,1-2H3.